The molecule has 0 bridgehead atoms. The second kappa shape index (κ2) is 6.79. The fourth-order valence-electron chi connectivity index (χ4n) is 1.32. The molecule has 2 rings (SSSR count). The Morgan fingerprint density at radius 3 is 2.09 bits per heavy atom. The van der Waals surface area contributed by atoms with E-state index in [0.29, 0.717) is 15.8 Å². The second-order valence-electron chi connectivity index (χ2n) is 4.00. The van der Waals surface area contributed by atoms with Crippen molar-refractivity contribution in [1.82, 2.24) is 4.57 Å². The van der Waals surface area contributed by atoms with E-state index >= 15 is 0 Å². The molecule has 9 nitrogen and oxygen atoms in total. The van der Waals surface area contributed by atoms with E-state index in [1.807, 2.05) is 0 Å². The zero-order valence-corrected chi connectivity index (χ0v) is 12.9. The Hall–Kier alpha value is -2.08. The molecule has 11 heteroatoms. The van der Waals surface area contributed by atoms with Crippen molar-refractivity contribution >= 4 is 26.3 Å². The van der Waals surface area contributed by atoms with Crippen LogP contribution in [0.25, 0.3) is 0 Å². The Labute approximate surface area is 127 Å². The van der Waals surface area contributed by atoms with Crippen LogP contribution in [0.4, 0.5) is 0 Å². The number of carbonyl (C=O) groups is 1. The van der Waals surface area contributed by atoms with Gasteiger partial charge in [-0.05, 0) is 12.1 Å². The van der Waals surface area contributed by atoms with Crippen LogP contribution < -0.4 is 3.97 Å². The lowest BCUT2D eigenvalue weighted by atomic mass is 10.2. The van der Waals surface area contributed by atoms with E-state index in [1.165, 1.54) is 6.20 Å². The van der Waals surface area contributed by atoms with Crippen molar-refractivity contribution in [3.8, 4) is 0 Å². The van der Waals surface area contributed by atoms with Crippen LogP contribution in [0.2, 0.25) is 0 Å². The van der Waals surface area contributed by atoms with Gasteiger partial charge in [0.05, 0.1) is 15.7 Å². The Morgan fingerprint density at radius 1 is 1.18 bits per heavy atom. The predicted molar refractivity (Wildman–Crippen MR) is 73.4 cm³/mol. The van der Waals surface area contributed by atoms with Gasteiger partial charge in [0.15, 0.2) is 0 Å². The number of carbonyl (C=O) groups excluding carboxylic acids is 1. The Morgan fingerprint density at radius 2 is 1.68 bits per heavy atom. The molecule has 0 saturated carbocycles. The van der Waals surface area contributed by atoms with Gasteiger partial charge in [0.1, 0.15) is 12.4 Å². The van der Waals surface area contributed by atoms with E-state index in [-0.39, 0.29) is 5.91 Å². The minimum absolute atomic E-state index is 0.381. The van der Waals surface area contributed by atoms with E-state index in [1.54, 1.807) is 30.3 Å². The first-order valence-corrected chi connectivity index (χ1v) is 8.77. The lowest BCUT2D eigenvalue weighted by molar-refractivity contribution is -0.518. The number of rotatable bonds is 2. The van der Waals surface area contributed by atoms with Gasteiger partial charge in [-0.15, -0.1) is 3.97 Å². The van der Waals surface area contributed by atoms with Crippen molar-refractivity contribution < 1.29 is 34.7 Å². The lowest BCUT2D eigenvalue weighted by Gasteiger charge is -1.94. The molecule has 0 aliphatic carbocycles. The highest BCUT2D eigenvalue weighted by Gasteiger charge is 2.20. The monoisotopic (exact) mass is 348 g/mol. The molecule has 1 heterocycles. The molecule has 0 unspecified atom stereocenters. The number of benzene rings is 1. The molecule has 1 aromatic carbocycles. The molecule has 1 aromatic heterocycles. The van der Waals surface area contributed by atoms with Crippen LogP contribution in [0.3, 0.4) is 0 Å². The van der Waals surface area contributed by atoms with E-state index in [2.05, 4.69) is 0 Å². The average Bonchev–Trinajstić information content (AvgIpc) is 2.86. The number of nitrogens with zero attached hydrogens (tertiary/aromatic N) is 2. The van der Waals surface area contributed by atoms with Crippen molar-refractivity contribution in [2.24, 2.45) is 0 Å². The summed E-state index contributed by atoms with van der Waals surface area (Å²) in [6.45, 7) is 0. The summed E-state index contributed by atoms with van der Waals surface area (Å²) in [6.07, 6.45) is 3.93. The highest BCUT2D eigenvalue weighted by molar-refractivity contribution is 7.84. The molecule has 0 saturated heterocycles. The molecular weight excluding hydrogens is 336 g/mol. The summed E-state index contributed by atoms with van der Waals surface area (Å²) in [7, 11) is -8.27. The Kier molecular flexibility index (Phi) is 5.54. The fraction of sp³-hybridized carbons (Fsp3) is 0.0909. The molecule has 0 amide bonds. The lowest BCUT2D eigenvalue weighted by Crippen LogP contribution is -2.40. The summed E-state index contributed by atoms with van der Waals surface area (Å²) in [5.74, 6) is -0.381. The van der Waals surface area contributed by atoms with Crippen LogP contribution in [-0.2, 0) is 20.4 Å². The van der Waals surface area contributed by atoms with Gasteiger partial charge in [-0.25, -0.2) is 13.2 Å². The smallest absolute Gasteiger partial charge is 0.439 e. The van der Waals surface area contributed by atoms with Gasteiger partial charge in [-0.2, -0.15) is 13.0 Å². The van der Waals surface area contributed by atoms with Crippen molar-refractivity contribution in [3.05, 3.63) is 54.6 Å². The van der Waals surface area contributed by atoms with Gasteiger partial charge in [-0.1, -0.05) is 18.2 Å². The molecule has 0 aliphatic rings. The highest BCUT2D eigenvalue weighted by atomic mass is 32.2. The van der Waals surface area contributed by atoms with Gasteiger partial charge in [0.25, 0.3) is 6.33 Å². The normalized spacial score (nSPS) is 11.4. The Bertz CT molecular complexity index is 847. The van der Waals surface area contributed by atoms with Crippen LogP contribution in [0.5, 0.6) is 0 Å². The van der Waals surface area contributed by atoms with E-state index in [9.17, 15) is 13.2 Å². The van der Waals surface area contributed by atoms with Gasteiger partial charge in [0.2, 0.25) is 0 Å². The molecule has 2 aromatic rings. The third-order valence-electron chi connectivity index (χ3n) is 2.13. The Balaban J connectivity index is 0.000000422. The molecule has 120 valence electrons. The van der Waals surface area contributed by atoms with Gasteiger partial charge >= 0.3 is 16.2 Å². The number of hydrogen-bond acceptors (Lipinski definition) is 6. The van der Waals surface area contributed by atoms with Crippen LogP contribution in [0.15, 0.2) is 49.1 Å². The van der Waals surface area contributed by atoms with E-state index in [4.69, 9.17) is 17.5 Å². The quantitative estimate of drug-likeness (QED) is 0.558. The summed E-state index contributed by atoms with van der Waals surface area (Å²) in [4.78, 5) is 11.9. The molecule has 0 fully saturated rings. The topological polar surface area (TPSA) is 137 Å². The molecule has 0 aliphatic heterocycles. The third-order valence-corrected chi connectivity index (χ3v) is 2.88. The molecule has 0 atom stereocenters. The van der Waals surface area contributed by atoms with Crippen LogP contribution in [0.1, 0.15) is 10.4 Å². The summed E-state index contributed by atoms with van der Waals surface area (Å²) >= 11 is 0. The molecule has 1 N–H and O–H groups in total. The average molecular weight is 348 g/mol. The zero-order chi connectivity index (χ0) is 17.0. The number of hydrogen-bond donors (Lipinski definition) is 1. The summed E-state index contributed by atoms with van der Waals surface area (Å²) in [5, 5.41) is 0. The maximum atomic E-state index is 11.9. The van der Waals surface area contributed by atoms with Gasteiger partial charge in [-0.3, -0.25) is 4.55 Å². The first-order chi connectivity index (χ1) is 9.98. The molecular formula is C11H12N2O7S2. The van der Waals surface area contributed by atoms with Crippen molar-refractivity contribution in [3.63, 3.8) is 0 Å². The van der Waals surface area contributed by atoms with E-state index in [0.717, 1.165) is 17.1 Å². The van der Waals surface area contributed by atoms with Gasteiger partial charge in [0, 0.05) is 6.26 Å². The molecule has 22 heavy (non-hydrogen) atoms. The van der Waals surface area contributed by atoms with Gasteiger partial charge < -0.3 is 4.55 Å². The summed E-state index contributed by atoms with van der Waals surface area (Å²) in [6, 6.07) is 8.40. The first kappa shape index (κ1) is 18.0. The van der Waals surface area contributed by atoms with E-state index < -0.39 is 20.4 Å². The maximum absolute atomic E-state index is 11.9. The molecule has 0 spiro atoms. The van der Waals surface area contributed by atoms with Crippen LogP contribution in [0, 0.1) is 0 Å². The number of imidazole rings is 1. The number of aromatic nitrogens is 2. The van der Waals surface area contributed by atoms with Crippen LogP contribution >= 0.6 is 0 Å². The third kappa shape index (κ3) is 6.13. The van der Waals surface area contributed by atoms with Crippen molar-refractivity contribution in [2.75, 3.05) is 6.26 Å². The SMILES string of the molecule is CS(=O)(=O)[O-].O=C(c1ccccc1)n1cc[n+](S(=O)(=O)O)c1. The molecule has 0 radical (unpaired) electrons. The fourth-order valence-corrected chi connectivity index (χ4v) is 1.75. The minimum Gasteiger partial charge on any atom is -0.748 e. The maximum Gasteiger partial charge on any atom is 0.439 e. The highest BCUT2D eigenvalue weighted by Crippen LogP contribution is 2.01. The second-order valence-corrected chi connectivity index (χ2v) is 6.73. The summed E-state index contributed by atoms with van der Waals surface area (Å²) in [5.41, 5.74) is 0.422. The van der Waals surface area contributed by atoms with Crippen LogP contribution in [-0.4, -0.2) is 42.7 Å². The predicted octanol–water partition coefficient (Wildman–Crippen LogP) is -0.724. The summed E-state index contributed by atoms with van der Waals surface area (Å²) < 4.78 is 59.2. The standard InChI is InChI=1S/C10H8N2O4S.CH4O3S/c13-10(9-4-2-1-3-5-9)11-6-7-12(8-11)17(14,15)16;1-5(2,3)4/h1-8H;1H3,(H,2,3,4). The zero-order valence-electron chi connectivity index (χ0n) is 11.2. The van der Waals surface area contributed by atoms with Crippen molar-refractivity contribution in [2.45, 2.75) is 0 Å². The minimum atomic E-state index is -4.35. The van der Waals surface area contributed by atoms with Crippen molar-refractivity contribution in [1.29, 1.82) is 0 Å². The first-order valence-electron chi connectivity index (χ1n) is 5.56. The largest absolute Gasteiger partial charge is 0.748 e.